The van der Waals surface area contributed by atoms with Crippen molar-refractivity contribution in [3.63, 3.8) is 0 Å². The molecule has 0 spiro atoms. The lowest BCUT2D eigenvalue weighted by atomic mass is 10.1. The van der Waals surface area contributed by atoms with Crippen molar-refractivity contribution < 1.29 is 14.4 Å². The number of carbonyl (C=O) groups is 3. The molecule has 2 N–H and O–H groups in total. The SMILES string of the molecule is CSc1ccc(N2CC(C(=O)Nc3ccc(C(=O)NC4CC4)c(Cl)c3)CC2=O)cc1. The molecule has 1 aliphatic carbocycles. The summed E-state index contributed by atoms with van der Waals surface area (Å²) in [6.07, 6.45) is 4.15. The third-order valence-electron chi connectivity index (χ3n) is 5.27. The summed E-state index contributed by atoms with van der Waals surface area (Å²) in [4.78, 5) is 40.1. The van der Waals surface area contributed by atoms with E-state index in [0.29, 0.717) is 17.8 Å². The van der Waals surface area contributed by atoms with Crippen molar-refractivity contribution in [2.75, 3.05) is 23.0 Å². The molecule has 1 atom stereocenters. The first-order valence-corrected chi connectivity index (χ1v) is 11.4. The zero-order valence-corrected chi connectivity index (χ0v) is 18.1. The van der Waals surface area contributed by atoms with Crippen molar-refractivity contribution in [2.24, 2.45) is 5.92 Å². The van der Waals surface area contributed by atoms with E-state index >= 15 is 0 Å². The molecule has 1 aliphatic heterocycles. The number of nitrogens with one attached hydrogen (secondary N) is 2. The van der Waals surface area contributed by atoms with Gasteiger partial charge in [0, 0.05) is 35.3 Å². The van der Waals surface area contributed by atoms with Gasteiger partial charge in [0.15, 0.2) is 0 Å². The average Bonchev–Trinajstić information content (AvgIpc) is 3.46. The Morgan fingerprint density at radius 3 is 2.50 bits per heavy atom. The molecule has 1 saturated carbocycles. The Hall–Kier alpha value is -2.51. The minimum Gasteiger partial charge on any atom is -0.349 e. The first-order chi connectivity index (χ1) is 14.4. The van der Waals surface area contributed by atoms with E-state index in [1.54, 1.807) is 34.9 Å². The molecule has 0 bridgehead atoms. The van der Waals surface area contributed by atoms with Gasteiger partial charge < -0.3 is 15.5 Å². The van der Waals surface area contributed by atoms with Crippen LogP contribution in [-0.2, 0) is 9.59 Å². The minimum absolute atomic E-state index is 0.0721. The van der Waals surface area contributed by atoms with Gasteiger partial charge in [0.2, 0.25) is 11.8 Å². The summed E-state index contributed by atoms with van der Waals surface area (Å²) in [5, 5.41) is 5.99. The molecule has 1 unspecified atom stereocenters. The molecule has 1 heterocycles. The number of nitrogens with zero attached hydrogens (tertiary/aromatic N) is 1. The second-order valence-corrected chi connectivity index (χ2v) is 8.82. The smallest absolute Gasteiger partial charge is 0.253 e. The molecule has 2 aromatic carbocycles. The van der Waals surface area contributed by atoms with Crippen molar-refractivity contribution in [3.05, 3.63) is 53.1 Å². The fourth-order valence-corrected chi connectivity index (χ4v) is 4.08. The first kappa shape index (κ1) is 20.8. The van der Waals surface area contributed by atoms with Crippen LogP contribution in [0.5, 0.6) is 0 Å². The highest BCUT2D eigenvalue weighted by Gasteiger charge is 2.35. The Kier molecular flexibility index (Phi) is 6.01. The molecule has 6 nitrogen and oxygen atoms in total. The van der Waals surface area contributed by atoms with Crippen LogP contribution in [0.2, 0.25) is 5.02 Å². The van der Waals surface area contributed by atoms with Crippen molar-refractivity contribution in [3.8, 4) is 0 Å². The Labute approximate surface area is 184 Å². The van der Waals surface area contributed by atoms with Gasteiger partial charge in [-0.05, 0) is 61.6 Å². The monoisotopic (exact) mass is 443 g/mol. The molecular formula is C22H22ClN3O3S. The number of hydrogen-bond donors (Lipinski definition) is 2. The lowest BCUT2D eigenvalue weighted by Gasteiger charge is -2.17. The van der Waals surface area contributed by atoms with E-state index in [1.807, 2.05) is 30.5 Å². The molecular weight excluding hydrogens is 422 g/mol. The summed E-state index contributed by atoms with van der Waals surface area (Å²) in [6, 6.07) is 12.8. The van der Waals surface area contributed by atoms with Crippen molar-refractivity contribution in [1.29, 1.82) is 0 Å². The predicted molar refractivity (Wildman–Crippen MR) is 119 cm³/mol. The highest BCUT2D eigenvalue weighted by Crippen LogP contribution is 2.29. The van der Waals surface area contributed by atoms with Gasteiger partial charge in [-0.15, -0.1) is 11.8 Å². The molecule has 3 amide bonds. The zero-order valence-electron chi connectivity index (χ0n) is 16.5. The van der Waals surface area contributed by atoms with Gasteiger partial charge in [0.05, 0.1) is 16.5 Å². The molecule has 2 aromatic rings. The highest BCUT2D eigenvalue weighted by atomic mass is 35.5. The van der Waals surface area contributed by atoms with E-state index in [2.05, 4.69) is 10.6 Å². The molecule has 2 fully saturated rings. The van der Waals surface area contributed by atoms with Crippen LogP contribution in [0.15, 0.2) is 47.4 Å². The van der Waals surface area contributed by atoms with Crippen molar-refractivity contribution >= 4 is 52.5 Å². The molecule has 30 heavy (non-hydrogen) atoms. The summed E-state index contributed by atoms with van der Waals surface area (Å²) >= 11 is 7.88. The summed E-state index contributed by atoms with van der Waals surface area (Å²) in [6.45, 7) is 0.332. The van der Waals surface area contributed by atoms with Crippen LogP contribution in [0.25, 0.3) is 0 Å². The topological polar surface area (TPSA) is 78.5 Å². The average molecular weight is 444 g/mol. The van der Waals surface area contributed by atoms with Crippen LogP contribution in [0.4, 0.5) is 11.4 Å². The lowest BCUT2D eigenvalue weighted by molar-refractivity contribution is -0.122. The van der Waals surface area contributed by atoms with Crippen molar-refractivity contribution in [2.45, 2.75) is 30.2 Å². The number of hydrogen-bond acceptors (Lipinski definition) is 4. The van der Waals surface area contributed by atoms with Crippen LogP contribution in [-0.4, -0.2) is 36.6 Å². The summed E-state index contributed by atoms with van der Waals surface area (Å²) in [5.41, 5.74) is 1.68. The molecule has 0 aromatic heterocycles. The van der Waals surface area contributed by atoms with E-state index < -0.39 is 5.92 Å². The number of anilines is 2. The van der Waals surface area contributed by atoms with Gasteiger partial charge in [0.1, 0.15) is 0 Å². The number of amides is 3. The van der Waals surface area contributed by atoms with Crippen molar-refractivity contribution in [1.82, 2.24) is 5.32 Å². The van der Waals surface area contributed by atoms with Gasteiger partial charge in [0.25, 0.3) is 5.91 Å². The summed E-state index contributed by atoms with van der Waals surface area (Å²) < 4.78 is 0. The van der Waals surface area contributed by atoms with Crippen LogP contribution < -0.4 is 15.5 Å². The maximum Gasteiger partial charge on any atom is 0.253 e. The van der Waals surface area contributed by atoms with Crippen LogP contribution in [0.1, 0.15) is 29.6 Å². The van der Waals surface area contributed by atoms with E-state index in [1.165, 1.54) is 0 Å². The molecule has 1 saturated heterocycles. The Morgan fingerprint density at radius 2 is 1.87 bits per heavy atom. The fourth-order valence-electron chi connectivity index (χ4n) is 3.41. The Bertz CT molecular complexity index is 992. The quantitative estimate of drug-likeness (QED) is 0.663. The first-order valence-electron chi connectivity index (χ1n) is 9.80. The van der Waals surface area contributed by atoms with Crippen LogP contribution in [0, 0.1) is 5.92 Å². The van der Waals surface area contributed by atoms with Gasteiger partial charge in [-0.3, -0.25) is 14.4 Å². The van der Waals surface area contributed by atoms with Crippen LogP contribution in [0.3, 0.4) is 0 Å². The lowest BCUT2D eigenvalue weighted by Crippen LogP contribution is -2.28. The van der Waals surface area contributed by atoms with Gasteiger partial charge in [-0.1, -0.05) is 11.6 Å². The maximum absolute atomic E-state index is 12.7. The van der Waals surface area contributed by atoms with Crippen LogP contribution >= 0.6 is 23.4 Å². The zero-order chi connectivity index (χ0) is 21.3. The number of carbonyl (C=O) groups excluding carboxylic acids is 3. The van der Waals surface area contributed by atoms with E-state index in [0.717, 1.165) is 23.4 Å². The Morgan fingerprint density at radius 1 is 1.13 bits per heavy atom. The number of benzene rings is 2. The number of rotatable bonds is 6. The van der Waals surface area contributed by atoms with Gasteiger partial charge in [-0.2, -0.15) is 0 Å². The van der Waals surface area contributed by atoms with Gasteiger partial charge in [-0.25, -0.2) is 0 Å². The van der Waals surface area contributed by atoms with Gasteiger partial charge >= 0.3 is 0 Å². The second kappa shape index (κ2) is 8.70. The number of halogens is 1. The minimum atomic E-state index is -0.450. The highest BCUT2D eigenvalue weighted by molar-refractivity contribution is 7.98. The predicted octanol–water partition coefficient (Wildman–Crippen LogP) is 3.95. The molecule has 4 rings (SSSR count). The molecule has 8 heteroatoms. The standard InChI is InChI=1S/C22H22ClN3O3S/c1-30-17-7-5-16(6-8-17)26-12-13(10-20(26)27)21(28)25-15-4-9-18(19(23)11-15)22(29)24-14-2-3-14/h4-9,11,13-14H,2-3,10,12H2,1H3,(H,24,29)(H,25,28). The third kappa shape index (κ3) is 4.63. The summed E-state index contributed by atoms with van der Waals surface area (Å²) in [7, 11) is 0. The normalized spacial score (nSPS) is 18.4. The third-order valence-corrected chi connectivity index (χ3v) is 6.33. The molecule has 156 valence electrons. The maximum atomic E-state index is 12.7. The largest absolute Gasteiger partial charge is 0.349 e. The van der Waals surface area contributed by atoms with E-state index in [-0.39, 0.29) is 35.2 Å². The number of thioether (sulfide) groups is 1. The summed E-state index contributed by atoms with van der Waals surface area (Å²) in [5.74, 6) is -0.964. The second-order valence-electron chi connectivity index (χ2n) is 7.54. The van der Waals surface area contributed by atoms with E-state index in [9.17, 15) is 14.4 Å². The fraction of sp³-hybridized carbons (Fsp3) is 0.318. The van der Waals surface area contributed by atoms with E-state index in [4.69, 9.17) is 11.6 Å². The molecule has 2 aliphatic rings. The molecule has 0 radical (unpaired) electrons. The Balaban J connectivity index is 1.39.